The number of thiophene rings is 1. The Morgan fingerprint density at radius 1 is 1.44 bits per heavy atom. The molecule has 0 radical (unpaired) electrons. The van der Waals surface area contributed by atoms with Crippen LogP contribution in [0.15, 0.2) is 29.2 Å². The van der Waals surface area contributed by atoms with Crippen molar-refractivity contribution in [3.63, 3.8) is 0 Å². The van der Waals surface area contributed by atoms with E-state index >= 15 is 0 Å². The Bertz CT molecular complexity index is 473. The van der Waals surface area contributed by atoms with E-state index in [4.69, 9.17) is 4.74 Å². The van der Waals surface area contributed by atoms with Crippen molar-refractivity contribution in [1.29, 1.82) is 0 Å². The van der Waals surface area contributed by atoms with E-state index in [0.29, 0.717) is 18.5 Å². The van der Waals surface area contributed by atoms with Crippen molar-refractivity contribution in [1.82, 2.24) is 9.97 Å². The van der Waals surface area contributed by atoms with Gasteiger partial charge in [-0.3, -0.25) is 0 Å². The molecule has 0 aromatic carbocycles. The van der Waals surface area contributed by atoms with Gasteiger partial charge < -0.3 is 10.1 Å². The second kappa shape index (κ2) is 6.35. The third-order valence-corrected chi connectivity index (χ3v) is 3.18. The lowest BCUT2D eigenvalue weighted by Gasteiger charge is -2.14. The molecule has 2 aromatic rings. The topological polar surface area (TPSA) is 47.0 Å². The standard InChI is InChI=1S/C13H17N3OS/c1-3-17-13-7-12(14-9-15-13)16-10(2)6-11-4-5-18-8-11/h4-5,7-10H,3,6H2,1-2H3,(H,14,15,16). The number of nitrogens with zero attached hydrogens (tertiary/aromatic N) is 2. The van der Waals surface area contributed by atoms with Crippen LogP contribution in [-0.4, -0.2) is 22.6 Å². The van der Waals surface area contributed by atoms with E-state index in [9.17, 15) is 0 Å². The number of rotatable bonds is 6. The van der Waals surface area contributed by atoms with Gasteiger partial charge in [0.05, 0.1) is 6.61 Å². The maximum atomic E-state index is 5.34. The van der Waals surface area contributed by atoms with Gasteiger partial charge in [-0.2, -0.15) is 11.3 Å². The maximum absolute atomic E-state index is 5.34. The molecule has 0 spiro atoms. The van der Waals surface area contributed by atoms with Gasteiger partial charge in [0.2, 0.25) is 5.88 Å². The molecule has 1 unspecified atom stereocenters. The number of aromatic nitrogens is 2. The minimum atomic E-state index is 0.323. The summed E-state index contributed by atoms with van der Waals surface area (Å²) in [4.78, 5) is 8.23. The van der Waals surface area contributed by atoms with Gasteiger partial charge in [0, 0.05) is 12.1 Å². The van der Waals surface area contributed by atoms with Crippen LogP contribution in [0.4, 0.5) is 5.82 Å². The molecule has 2 heterocycles. The molecule has 4 nitrogen and oxygen atoms in total. The summed E-state index contributed by atoms with van der Waals surface area (Å²) in [6.45, 7) is 4.69. The summed E-state index contributed by atoms with van der Waals surface area (Å²) < 4.78 is 5.34. The van der Waals surface area contributed by atoms with Gasteiger partial charge in [0.1, 0.15) is 12.1 Å². The Hall–Kier alpha value is -1.62. The summed E-state index contributed by atoms with van der Waals surface area (Å²) in [6, 6.07) is 4.30. The molecule has 0 fully saturated rings. The van der Waals surface area contributed by atoms with Gasteiger partial charge in [-0.15, -0.1) is 0 Å². The first-order valence-corrected chi connectivity index (χ1v) is 6.94. The van der Waals surface area contributed by atoms with E-state index < -0.39 is 0 Å². The Morgan fingerprint density at radius 3 is 3.06 bits per heavy atom. The molecule has 0 amide bonds. The number of ether oxygens (including phenoxy) is 1. The maximum Gasteiger partial charge on any atom is 0.218 e. The molecule has 0 aliphatic rings. The first kappa shape index (κ1) is 12.8. The molecule has 0 saturated heterocycles. The van der Waals surface area contributed by atoms with Crippen LogP contribution in [0.3, 0.4) is 0 Å². The Morgan fingerprint density at radius 2 is 2.33 bits per heavy atom. The smallest absolute Gasteiger partial charge is 0.218 e. The van der Waals surface area contributed by atoms with E-state index in [2.05, 4.69) is 39.0 Å². The van der Waals surface area contributed by atoms with E-state index in [1.807, 2.05) is 13.0 Å². The van der Waals surface area contributed by atoms with Gasteiger partial charge in [0.25, 0.3) is 0 Å². The van der Waals surface area contributed by atoms with Crippen LogP contribution >= 0.6 is 11.3 Å². The lowest BCUT2D eigenvalue weighted by Crippen LogP contribution is -2.18. The van der Waals surface area contributed by atoms with Gasteiger partial charge in [-0.1, -0.05) is 0 Å². The Kier molecular flexibility index (Phi) is 4.52. The van der Waals surface area contributed by atoms with Gasteiger partial charge in [0.15, 0.2) is 0 Å². The lowest BCUT2D eigenvalue weighted by atomic mass is 10.1. The molecule has 0 saturated carbocycles. The van der Waals surface area contributed by atoms with Crippen LogP contribution in [0.25, 0.3) is 0 Å². The Labute approximate surface area is 111 Å². The van der Waals surface area contributed by atoms with Crippen molar-refractivity contribution in [2.45, 2.75) is 26.3 Å². The zero-order valence-electron chi connectivity index (χ0n) is 10.6. The predicted molar refractivity (Wildman–Crippen MR) is 74.3 cm³/mol. The largest absolute Gasteiger partial charge is 0.478 e. The highest BCUT2D eigenvalue weighted by Gasteiger charge is 2.06. The first-order chi connectivity index (χ1) is 8.78. The van der Waals surface area contributed by atoms with Crippen LogP contribution in [0.5, 0.6) is 5.88 Å². The van der Waals surface area contributed by atoms with Crippen LogP contribution in [0.2, 0.25) is 0 Å². The van der Waals surface area contributed by atoms with Crippen molar-refractivity contribution >= 4 is 17.2 Å². The molecule has 0 aliphatic carbocycles. The van der Waals surface area contributed by atoms with Crippen LogP contribution in [0, 0.1) is 0 Å². The molecule has 1 N–H and O–H groups in total. The molecule has 2 rings (SSSR count). The third-order valence-electron chi connectivity index (χ3n) is 2.45. The van der Waals surface area contributed by atoms with E-state index in [1.165, 1.54) is 11.9 Å². The van der Waals surface area contributed by atoms with Gasteiger partial charge in [-0.25, -0.2) is 9.97 Å². The summed E-state index contributed by atoms with van der Waals surface area (Å²) >= 11 is 1.72. The van der Waals surface area contributed by atoms with Gasteiger partial charge >= 0.3 is 0 Å². The predicted octanol–water partition coefficient (Wildman–Crippen LogP) is 2.98. The van der Waals surface area contributed by atoms with Crippen LogP contribution < -0.4 is 10.1 Å². The second-order valence-electron chi connectivity index (χ2n) is 4.06. The fourth-order valence-electron chi connectivity index (χ4n) is 1.71. The highest BCUT2D eigenvalue weighted by atomic mass is 32.1. The van der Waals surface area contributed by atoms with Gasteiger partial charge in [-0.05, 0) is 42.7 Å². The van der Waals surface area contributed by atoms with E-state index in [1.54, 1.807) is 11.3 Å². The molecule has 18 heavy (non-hydrogen) atoms. The quantitative estimate of drug-likeness (QED) is 0.870. The third kappa shape index (κ3) is 3.70. The number of anilines is 1. The number of hydrogen-bond acceptors (Lipinski definition) is 5. The molecular formula is C13H17N3OS. The molecule has 1 atom stereocenters. The zero-order chi connectivity index (χ0) is 12.8. The van der Waals surface area contributed by atoms with Crippen molar-refractivity contribution in [2.24, 2.45) is 0 Å². The zero-order valence-corrected chi connectivity index (χ0v) is 11.4. The first-order valence-electron chi connectivity index (χ1n) is 6.00. The second-order valence-corrected chi connectivity index (χ2v) is 4.84. The van der Waals surface area contributed by atoms with Crippen LogP contribution in [-0.2, 0) is 6.42 Å². The van der Waals surface area contributed by atoms with Crippen molar-refractivity contribution in [2.75, 3.05) is 11.9 Å². The normalized spacial score (nSPS) is 12.1. The summed E-state index contributed by atoms with van der Waals surface area (Å²) in [7, 11) is 0. The summed E-state index contributed by atoms with van der Waals surface area (Å²) in [5.74, 6) is 1.41. The number of nitrogens with one attached hydrogen (secondary N) is 1. The lowest BCUT2D eigenvalue weighted by molar-refractivity contribution is 0.326. The molecular weight excluding hydrogens is 246 g/mol. The minimum absolute atomic E-state index is 0.323. The van der Waals surface area contributed by atoms with Crippen molar-refractivity contribution in [3.05, 3.63) is 34.8 Å². The van der Waals surface area contributed by atoms with E-state index in [-0.39, 0.29) is 0 Å². The summed E-state index contributed by atoms with van der Waals surface area (Å²) in [6.07, 6.45) is 2.50. The minimum Gasteiger partial charge on any atom is -0.478 e. The summed E-state index contributed by atoms with van der Waals surface area (Å²) in [5, 5.41) is 7.62. The molecule has 96 valence electrons. The highest BCUT2D eigenvalue weighted by molar-refractivity contribution is 7.07. The monoisotopic (exact) mass is 263 g/mol. The van der Waals surface area contributed by atoms with E-state index in [0.717, 1.165) is 12.2 Å². The summed E-state index contributed by atoms with van der Waals surface area (Å²) in [5.41, 5.74) is 1.35. The number of hydrogen-bond donors (Lipinski definition) is 1. The average Bonchev–Trinajstić information content (AvgIpc) is 2.82. The fraction of sp³-hybridized carbons (Fsp3) is 0.385. The average molecular weight is 263 g/mol. The fourth-order valence-corrected chi connectivity index (χ4v) is 2.39. The molecule has 5 heteroatoms. The van der Waals surface area contributed by atoms with Crippen molar-refractivity contribution in [3.8, 4) is 5.88 Å². The SMILES string of the molecule is CCOc1cc(NC(C)Cc2ccsc2)ncn1. The van der Waals surface area contributed by atoms with Crippen molar-refractivity contribution < 1.29 is 4.74 Å². The molecule has 2 aromatic heterocycles. The van der Waals surface area contributed by atoms with Crippen LogP contribution in [0.1, 0.15) is 19.4 Å². The molecule has 0 bridgehead atoms. The molecule has 0 aliphatic heterocycles. The highest BCUT2D eigenvalue weighted by Crippen LogP contribution is 2.14. The Balaban J connectivity index is 1.93.